The number of benzene rings is 2. The molecule has 0 radical (unpaired) electrons. The van der Waals surface area contributed by atoms with Crippen molar-refractivity contribution in [2.24, 2.45) is 10.2 Å². The van der Waals surface area contributed by atoms with E-state index in [1.165, 1.54) is 0 Å². The average Bonchev–Trinajstić information content (AvgIpc) is 3.28. The number of fused-ring (bicyclic) bond motifs is 2. The second-order valence-corrected chi connectivity index (χ2v) is 7.06. The first kappa shape index (κ1) is 17.1. The SMILES string of the molecule is Cc1ccc2[nH]c(O)c(/C=c3\ccc4c(c3)N=NC=4/C=C/c3ccncc3)c2c1. The molecular formula is C24H18N4O. The molecule has 0 fully saturated rings. The van der Waals surface area contributed by atoms with Crippen LogP contribution in [0.3, 0.4) is 0 Å². The standard InChI is InChI=1S/C24H18N4O/c1-15-2-6-21-19(12-15)20(24(29)26-21)13-17-3-5-18-22(27-28-23(18)14-17)7-4-16-8-10-25-11-9-16/h2-14,26,29H,1H3/b7-4+,17-13+. The summed E-state index contributed by atoms with van der Waals surface area (Å²) >= 11 is 0. The summed E-state index contributed by atoms with van der Waals surface area (Å²) in [4.78, 5) is 7.06. The van der Waals surface area contributed by atoms with Crippen LogP contribution in [0.25, 0.3) is 28.8 Å². The minimum atomic E-state index is 0.167. The third-order valence-corrected chi connectivity index (χ3v) is 4.99. The summed E-state index contributed by atoms with van der Waals surface area (Å²) in [5, 5.41) is 21.9. The number of aromatic nitrogens is 2. The Hall–Kier alpha value is -3.99. The molecule has 5 heteroatoms. The number of nitrogens with one attached hydrogen (secondary N) is 1. The highest BCUT2D eigenvalue weighted by atomic mass is 16.3. The van der Waals surface area contributed by atoms with Gasteiger partial charge in [0.2, 0.25) is 0 Å². The van der Waals surface area contributed by atoms with Gasteiger partial charge in [-0.25, -0.2) is 0 Å². The third-order valence-electron chi connectivity index (χ3n) is 4.99. The van der Waals surface area contributed by atoms with E-state index < -0.39 is 0 Å². The fourth-order valence-corrected chi connectivity index (χ4v) is 3.50. The van der Waals surface area contributed by atoms with E-state index in [-0.39, 0.29) is 5.88 Å². The number of pyridine rings is 1. The van der Waals surface area contributed by atoms with Crippen LogP contribution in [-0.2, 0) is 0 Å². The highest BCUT2D eigenvalue weighted by molar-refractivity contribution is 5.92. The molecule has 1 aliphatic heterocycles. The summed E-state index contributed by atoms with van der Waals surface area (Å²) in [6.45, 7) is 2.04. The van der Waals surface area contributed by atoms with Gasteiger partial charge in [0.1, 0.15) is 0 Å². The van der Waals surface area contributed by atoms with E-state index in [1.54, 1.807) is 12.4 Å². The molecule has 0 unspecified atom stereocenters. The Bertz CT molecular complexity index is 1410. The maximum atomic E-state index is 10.4. The lowest BCUT2D eigenvalue weighted by Crippen LogP contribution is -2.08. The van der Waals surface area contributed by atoms with Crippen molar-refractivity contribution in [3.05, 3.63) is 94.1 Å². The molecule has 0 saturated heterocycles. The van der Waals surface area contributed by atoms with Crippen molar-refractivity contribution in [1.29, 1.82) is 0 Å². The Balaban J connectivity index is 1.57. The molecular weight excluding hydrogens is 360 g/mol. The van der Waals surface area contributed by atoms with E-state index in [0.717, 1.165) is 49.4 Å². The Morgan fingerprint density at radius 2 is 1.79 bits per heavy atom. The molecule has 4 aromatic rings. The molecule has 0 atom stereocenters. The van der Waals surface area contributed by atoms with Crippen molar-refractivity contribution in [2.75, 3.05) is 0 Å². The maximum Gasteiger partial charge on any atom is 0.196 e. The number of aryl methyl sites for hydroxylation is 1. The first-order valence-corrected chi connectivity index (χ1v) is 9.35. The highest BCUT2D eigenvalue weighted by Crippen LogP contribution is 2.28. The lowest BCUT2D eigenvalue weighted by Gasteiger charge is -1.96. The molecule has 0 amide bonds. The smallest absolute Gasteiger partial charge is 0.196 e. The topological polar surface area (TPSA) is 73.6 Å². The number of aromatic hydroxyl groups is 1. The largest absolute Gasteiger partial charge is 0.494 e. The van der Waals surface area contributed by atoms with Gasteiger partial charge in [-0.15, -0.1) is 10.2 Å². The van der Waals surface area contributed by atoms with E-state index in [0.29, 0.717) is 0 Å². The van der Waals surface area contributed by atoms with Crippen LogP contribution in [0.1, 0.15) is 16.7 Å². The van der Waals surface area contributed by atoms with Gasteiger partial charge >= 0.3 is 0 Å². The summed E-state index contributed by atoms with van der Waals surface area (Å²) < 4.78 is 0. The zero-order valence-corrected chi connectivity index (χ0v) is 15.8. The lowest BCUT2D eigenvalue weighted by molar-refractivity contribution is 0.457. The van der Waals surface area contributed by atoms with Crippen molar-refractivity contribution in [1.82, 2.24) is 9.97 Å². The molecule has 5 nitrogen and oxygen atoms in total. The number of aromatic amines is 1. The lowest BCUT2D eigenvalue weighted by atomic mass is 10.1. The van der Waals surface area contributed by atoms with E-state index in [1.807, 2.05) is 67.6 Å². The van der Waals surface area contributed by atoms with Crippen LogP contribution in [0, 0.1) is 6.92 Å². The van der Waals surface area contributed by atoms with Crippen molar-refractivity contribution >= 4 is 34.4 Å². The summed E-state index contributed by atoms with van der Waals surface area (Å²) in [7, 11) is 0. The Labute approximate surface area is 167 Å². The number of nitrogens with zero attached hydrogens (tertiary/aromatic N) is 3. The fourth-order valence-electron chi connectivity index (χ4n) is 3.50. The summed E-state index contributed by atoms with van der Waals surface area (Å²) in [5.74, 6) is 0.167. The molecule has 0 aliphatic carbocycles. The van der Waals surface area contributed by atoms with Gasteiger partial charge in [0.25, 0.3) is 0 Å². The van der Waals surface area contributed by atoms with Crippen molar-refractivity contribution in [2.45, 2.75) is 6.92 Å². The molecule has 2 N–H and O–H groups in total. The molecule has 1 aliphatic rings. The van der Waals surface area contributed by atoms with Crippen molar-refractivity contribution in [3.8, 4) is 5.88 Å². The van der Waals surface area contributed by atoms with Gasteiger partial charge in [-0.3, -0.25) is 4.98 Å². The third kappa shape index (κ3) is 3.23. The second kappa shape index (κ2) is 6.87. The molecule has 140 valence electrons. The Morgan fingerprint density at radius 1 is 0.931 bits per heavy atom. The van der Waals surface area contributed by atoms with Crippen LogP contribution in [0.2, 0.25) is 0 Å². The number of hydrogen-bond acceptors (Lipinski definition) is 4. The monoisotopic (exact) mass is 378 g/mol. The Morgan fingerprint density at radius 3 is 2.66 bits per heavy atom. The predicted octanol–water partition coefficient (Wildman–Crippen LogP) is 4.32. The van der Waals surface area contributed by atoms with Gasteiger partial charge in [0.15, 0.2) is 5.88 Å². The number of hydrogen-bond donors (Lipinski definition) is 2. The van der Waals surface area contributed by atoms with Gasteiger partial charge in [-0.1, -0.05) is 23.8 Å². The molecule has 3 heterocycles. The van der Waals surface area contributed by atoms with Crippen LogP contribution in [-0.4, -0.2) is 15.1 Å². The van der Waals surface area contributed by atoms with Crippen LogP contribution in [0.5, 0.6) is 5.88 Å². The quantitative estimate of drug-likeness (QED) is 0.557. The zero-order chi connectivity index (χ0) is 19.8. The van der Waals surface area contributed by atoms with Gasteiger partial charge < -0.3 is 10.1 Å². The van der Waals surface area contributed by atoms with Gasteiger partial charge in [0, 0.05) is 34.1 Å². The maximum absolute atomic E-state index is 10.4. The highest BCUT2D eigenvalue weighted by Gasteiger charge is 2.10. The first-order valence-electron chi connectivity index (χ1n) is 9.35. The minimum absolute atomic E-state index is 0.167. The van der Waals surface area contributed by atoms with E-state index in [4.69, 9.17) is 0 Å². The number of azo groups is 1. The van der Waals surface area contributed by atoms with Crippen molar-refractivity contribution < 1.29 is 5.11 Å². The summed E-state index contributed by atoms with van der Waals surface area (Å²) in [6, 6.07) is 16.0. The number of rotatable bonds is 3. The number of H-pyrrole nitrogens is 1. The van der Waals surface area contributed by atoms with Crippen molar-refractivity contribution in [3.63, 3.8) is 0 Å². The van der Waals surface area contributed by atoms with E-state index >= 15 is 0 Å². The second-order valence-electron chi connectivity index (χ2n) is 7.06. The van der Waals surface area contributed by atoms with Crippen LogP contribution in [0.4, 0.5) is 5.69 Å². The first-order chi connectivity index (χ1) is 14.2. The normalized spacial score (nSPS) is 13.7. The van der Waals surface area contributed by atoms with Gasteiger partial charge in [0.05, 0.1) is 11.4 Å². The molecule has 29 heavy (non-hydrogen) atoms. The summed E-state index contributed by atoms with van der Waals surface area (Å²) in [6.07, 6.45) is 9.45. The van der Waals surface area contributed by atoms with Gasteiger partial charge in [-0.05, 0) is 66.3 Å². The predicted molar refractivity (Wildman–Crippen MR) is 115 cm³/mol. The molecule has 0 spiro atoms. The van der Waals surface area contributed by atoms with E-state index in [2.05, 4.69) is 26.3 Å². The summed E-state index contributed by atoms with van der Waals surface area (Å²) in [5.41, 5.74) is 5.55. The molecule has 5 rings (SSSR count). The molecule has 2 aromatic carbocycles. The molecule has 0 saturated carbocycles. The zero-order valence-electron chi connectivity index (χ0n) is 15.8. The Kier molecular flexibility index (Phi) is 4.06. The fraction of sp³-hybridized carbons (Fsp3) is 0.0417. The molecule has 0 bridgehead atoms. The minimum Gasteiger partial charge on any atom is -0.494 e. The average molecular weight is 378 g/mol. The van der Waals surface area contributed by atoms with Crippen LogP contribution < -0.4 is 10.4 Å². The van der Waals surface area contributed by atoms with E-state index in [9.17, 15) is 5.11 Å². The van der Waals surface area contributed by atoms with Crippen LogP contribution in [0.15, 0.2) is 77.2 Å². The van der Waals surface area contributed by atoms with Gasteiger partial charge in [-0.2, -0.15) is 0 Å². The molecule has 2 aromatic heterocycles. The van der Waals surface area contributed by atoms with Crippen LogP contribution >= 0.6 is 0 Å².